The number of likely N-dealkylation sites (tertiary alicyclic amines) is 1. The molecule has 4 heteroatoms. The summed E-state index contributed by atoms with van der Waals surface area (Å²) < 4.78 is 6.39. The standard InChI is InChI=1S/C20H27NO2S/c22-19(15-24-17-6-2-3-7-17)21-13-11-20(12-14-21)10-9-16-5-1-4-8-18(16)23-20/h1,4-5,8,17H,2-3,6-7,9-15H2. The van der Waals surface area contributed by atoms with Crippen LogP contribution in [0.4, 0.5) is 0 Å². The van der Waals surface area contributed by atoms with E-state index >= 15 is 0 Å². The van der Waals surface area contributed by atoms with E-state index in [0.29, 0.717) is 11.7 Å². The predicted molar refractivity (Wildman–Crippen MR) is 98.7 cm³/mol. The number of ether oxygens (including phenoxy) is 1. The monoisotopic (exact) mass is 345 g/mol. The maximum Gasteiger partial charge on any atom is 0.232 e. The fourth-order valence-corrected chi connectivity index (χ4v) is 5.54. The van der Waals surface area contributed by atoms with Gasteiger partial charge in [-0.25, -0.2) is 0 Å². The number of amides is 1. The van der Waals surface area contributed by atoms with Gasteiger partial charge in [-0.3, -0.25) is 4.79 Å². The summed E-state index contributed by atoms with van der Waals surface area (Å²) in [4.78, 5) is 14.6. The number of rotatable bonds is 3. The van der Waals surface area contributed by atoms with E-state index in [4.69, 9.17) is 4.74 Å². The van der Waals surface area contributed by atoms with Gasteiger partial charge in [0.15, 0.2) is 0 Å². The molecule has 0 N–H and O–H groups in total. The maximum atomic E-state index is 12.5. The fourth-order valence-electron chi connectivity index (χ4n) is 4.31. The lowest BCUT2D eigenvalue weighted by Crippen LogP contribution is -2.51. The van der Waals surface area contributed by atoms with E-state index in [2.05, 4.69) is 29.2 Å². The lowest BCUT2D eigenvalue weighted by molar-refractivity contribution is -0.132. The Kier molecular flexibility index (Phi) is 4.75. The van der Waals surface area contributed by atoms with E-state index in [1.54, 1.807) is 0 Å². The van der Waals surface area contributed by atoms with E-state index in [9.17, 15) is 4.79 Å². The highest BCUT2D eigenvalue weighted by Gasteiger charge is 2.40. The van der Waals surface area contributed by atoms with Crippen molar-refractivity contribution < 1.29 is 9.53 Å². The van der Waals surface area contributed by atoms with Crippen molar-refractivity contribution in [2.45, 2.75) is 62.2 Å². The molecule has 0 bridgehead atoms. The number of thioether (sulfide) groups is 1. The van der Waals surface area contributed by atoms with E-state index in [1.165, 1.54) is 31.2 Å². The quantitative estimate of drug-likeness (QED) is 0.828. The lowest BCUT2D eigenvalue weighted by Gasteiger charge is -2.44. The van der Waals surface area contributed by atoms with Gasteiger partial charge in [-0.05, 0) is 37.3 Å². The number of para-hydroxylation sites is 1. The van der Waals surface area contributed by atoms with Gasteiger partial charge in [-0.1, -0.05) is 31.0 Å². The van der Waals surface area contributed by atoms with Crippen molar-refractivity contribution in [3.8, 4) is 5.75 Å². The zero-order valence-electron chi connectivity index (χ0n) is 14.3. The molecule has 0 radical (unpaired) electrons. The van der Waals surface area contributed by atoms with E-state index in [1.807, 2.05) is 11.8 Å². The molecule has 3 aliphatic rings. The first-order chi connectivity index (χ1) is 11.7. The molecule has 2 heterocycles. The molecule has 24 heavy (non-hydrogen) atoms. The number of carbonyl (C=O) groups excluding carboxylic acids is 1. The molecule has 1 aliphatic carbocycles. The minimum atomic E-state index is -0.0380. The van der Waals surface area contributed by atoms with Crippen LogP contribution in [0, 0.1) is 0 Å². The van der Waals surface area contributed by atoms with Gasteiger partial charge in [0, 0.05) is 31.2 Å². The lowest BCUT2D eigenvalue weighted by atomic mass is 9.83. The number of fused-ring (bicyclic) bond motifs is 1. The second-order valence-electron chi connectivity index (χ2n) is 7.49. The number of piperidine rings is 1. The zero-order chi connectivity index (χ0) is 16.4. The molecular weight excluding hydrogens is 318 g/mol. The molecule has 1 aromatic rings. The van der Waals surface area contributed by atoms with Crippen LogP contribution in [-0.4, -0.2) is 40.5 Å². The average Bonchev–Trinajstić information content (AvgIpc) is 3.14. The van der Waals surface area contributed by atoms with Crippen molar-refractivity contribution >= 4 is 17.7 Å². The number of hydrogen-bond donors (Lipinski definition) is 0. The van der Waals surface area contributed by atoms with Gasteiger partial charge >= 0.3 is 0 Å². The third-order valence-corrected chi connectivity index (χ3v) is 7.28. The van der Waals surface area contributed by atoms with Gasteiger partial charge < -0.3 is 9.64 Å². The van der Waals surface area contributed by atoms with Crippen molar-refractivity contribution in [3.05, 3.63) is 29.8 Å². The zero-order valence-corrected chi connectivity index (χ0v) is 15.2. The van der Waals surface area contributed by atoms with Crippen LogP contribution in [-0.2, 0) is 11.2 Å². The first-order valence-electron chi connectivity index (χ1n) is 9.40. The molecule has 4 rings (SSSR count). The molecule has 1 aromatic carbocycles. The summed E-state index contributed by atoms with van der Waals surface area (Å²) in [5.41, 5.74) is 1.29. The third-order valence-electron chi connectivity index (χ3n) is 5.92. The van der Waals surface area contributed by atoms with Gasteiger partial charge in [0.1, 0.15) is 11.4 Å². The minimum Gasteiger partial charge on any atom is -0.487 e. The van der Waals surface area contributed by atoms with Crippen molar-refractivity contribution in [2.24, 2.45) is 0 Å². The van der Waals surface area contributed by atoms with Gasteiger partial charge in [-0.15, -0.1) is 11.8 Å². The molecule has 0 atom stereocenters. The summed E-state index contributed by atoms with van der Waals surface area (Å²) in [6.07, 6.45) is 9.42. The third kappa shape index (κ3) is 3.44. The number of nitrogens with zero attached hydrogens (tertiary/aromatic N) is 1. The number of aryl methyl sites for hydroxylation is 1. The Hall–Kier alpha value is -1.16. The highest BCUT2D eigenvalue weighted by molar-refractivity contribution is 8.00. The van der Waals surface area contributed by atoms with Crippen molar-refractivity contribution in [3.63, 3.8) is 0 Å². The molecule has 2 fully saturated rings. The Morgan fingerprint density at radius 1 is 1.17 bits per heavy atom. The predicted octanol–water partition coefficient (Wildman–Crippen LogP) is 4.05. The Balaban J connectivity index is 1.29. The van der Waals surface area contributed by atoms with Crippen LogP contribution in [0.5, 0.6) is 5.75 Å². The Morgan fingerprint density at radius 2 is 1.92 bits per heavy atom. The molecule has 1 saturated heterocycles. The molecule has 130 valence electrons. The highest BCUT2D eigenvalue weighted by Crippen LogP contribution is 2.39. The first kappa shape index (κ1) is 16.3. The summed E-state index contributed by atoms with van der Waals surface area (Å²) in [6.45, 7) is 1.71. The van der Waals surface area contributed by atoms with Crippen LogP contribution in [0.15, 0.2) is 24.3 Å². The Labute approximate surface area is 149 Å². The fraction of sp³-hybridized carbons (Fsp3) is 0.650. The van der Waals surface area contributed by atoms with Crippen molar-refractivity contribution in [1.82, 2.24) is 4.90 Å². The van der Waals surface area contributed by atoms with Crippen LogP contribution >= 0.6 is 11.8 Å². The molecule has 0 unspecified atom stereocenters. The first-order valence-corrected chi connectivity index (χ1v) is 10.5. The molecule has 3 nitrogen and oxygen atoms in total. The summed E-state index contributed by atoms with van der Waals surface area (Å²) >= 11 is 1.88. The molecule has 0 aromatic heterocycles. The average molecular weight is 346 g/mol. The molecule has 1 spiro atoms. The van der Waals surface area contributed by atoms with Crippen LogP contribution in [0.2, 0.25) is 0 Å². The number of carbonyl (C=O) groups is 1. The summed E-state index contributed by atoms with van der Waals surface area (Å²) in [5.74, 6) is 2.06. The van der Waals surface area contributed by atoms with Gasteiger partial charge in [0.2, 0.25) is 5.91 Å². The van der Waals surface area contributed by atoms with Crippen molar-refractivity contribution in [2.75, 3.05) is 18.8 Å². The minimum absolute atomic E-state index is 0.0380. The molecular formula is C20H27NO2S. The number of hydrogen-bond acceptors (Lipinski definition) is 3. The van der Waals surface area contributed by atoms with Crippen LogP contribution in [0.25, 0.3) is 0 Å². The normalized spacial score (nSPS) is 23.1. The summed E-state index contributed by atoms with van der Waals surface area (Å²) in [5, 5.41) is 0.725. The second kappa shape index (κ2) is 6.99. The largest absolute Gasteiger partial charge is 0.487 e. The SMILES string of the molecule is O=C(CSC1CCCC1)N1CCC2(CCc3ccccc3O2)CC1. The molecule has 1 amide bonds. The van der Waals surface area contributed by atoms with Gasteiger partial charge in [0.05, 0.1) is 5.75 Å². The molecule has 1 saturated carbocycles. The van der Waals surface area contributed by atoms with Crippen LogP contribution < -0.4 is 4.74 Å². The Bertz CT molecular complexity index is 589. The van der Waals surface area contributed by atoms with Crippen LogP contribution in [0.1, 0.15) is 50.5 Å². The summed E-state index contributed by atoms with van der Waals surface area (Å²) in [6, 6.07) is 8.40. The van der Waals surface area contributed by atoms with E-state index in [-0.39, 0.29) is 5.60 Å². The topological polar surface area (TPSA) is 29.5 Å². The van der Waals surface area contributed by atoms with E-state index < -0.39 is 0 Å². The maximum absolute atomic E-state index is 12.5. The second-order valence-corrected chi connectivity index (χ2v) is 8.78. The van der Waals surface area contributed by atoms with Crippen LogP contribution in [0.3, 0.4) is 0 Å². The van der Waals surface area contributed by atoms with Gasteiger partial charge in [-0.2, -0.15) is 0 Å². The van der Waals surface area contributed by atoms with E-state index in [0.717, 1.165) is 49.8 Å². The smallest absolute Gasteiger partial charge is 0.232 e. The van der Waals surface area contributed by atoms with Crippen molar-refractivity contribution in [1.29, 1.82) is 0 Å². The summed E-state index contributed by atoms with van der Waals surface area (Å²) in [7, 11) is 0. The number of benzene rings is 1. The highest BCUT2D eigenvalue weighted by atomic mass is 32.2. The Morgan fingerprint density at radius 3 is 2.71 bits per heavy atom. The van der Waals surface area contributed by atoms with Gasteiger partial charge in [0.25, 0.3) is 0 Å². The molecule has 2 aliphatic heterocycles.